The molecule has 0 saturated carbocycles. The number of amides is 1. The van der Waals surface area contributed by atoms with E-state index in [-0.39, 0.29) is 17.8 Å². The summed E-state index contributed by atoms with van der Waals surface area (Å²) in [5.74, 6) is -0.867. The molecule has 0 heterocycles. The third-order valence-electron chi connectivity index (χ3n) is 3.35. The Hall–Kier alpha value is -1.30. The van der Waals surface area contributed by atoms with Crippen LogP contribution in [0.25, 0.3) is 0 Å². The Labute approximate surface area is 116 Å². The van der Waals surface area contributed by atoms with E-state index in [1.807, 2.05) is 6.92 Å². The molecule has 6 nitrogen and oxygen atoms in total. The predicted octanol–water partition coefficient (Wildman–Crippen LogP) is 0.996. The van der Waals surface area contributed by atoms with Gasteiger partial charge in [-0.2, -0.15) is 0 Å². The van der Waals surface area contributed by atoms with Crippen molar-refractivity contribution in [3.8, 4) is 0 Å². The van der Waals surface area contributed by atoms with Gasteiger partial charge in [-0.05, 0) is 46.3 Å². The summed E-state index contributed by atoms with van der Waals surface area (Å²) in [6, 6.07) is 0.0944. The number of nitrogens with two attached hydrogens (primary N) is 1. The van der Waals surface area contributed by atoms with Crippen molar-refractivity contribution in [1.29, 1.82) is 0 Å². The number of rotatable bonds is 9. The summed E-state index contributed by atoms with van der Waals surface area (Å²) in [6.07, 6.45) is 1.96. The number of hydrogen-bond acceptors (Lipinski definition) is 4. The van der Waals surface area contributed by atoms with E-state index in [4.69, 9.17) is 10.9 Å². The first-order valence-corrected chi connectivity index (χ1v) is 6.96. The Balaban J connectivity index is 3.98. The van der Waals surface area contributed by atoms with Gasteiger partial charge in [-0.25, -0.2) is 0 Å². The van der Waals surface area contributed by atoms with Crippen molar-refractivity contribution >= 4 is 11.7 Å². The molecule has 0 radical (unpaired) electrons. The molecule has 0 aromatic carbocycles. The molecule has 0 aliphatic heterocycles. The molecule has 19 heavy (non-hydrogen) atoms. The smallest absolute Gasteiger partial charge is 0.230 e. The van der Waals surface area contributed by atoms with Gasteiger partial charge in [0.1, 0.15) is 0 Å². The first-order chi connectivity index (χ1) is 8.96. The van der Waals surface area contributed by atoms with Crippen LogP contribution in [0.4, 0.5) is 0 Å². The Kier molecular flexibility index (Phi) is 8.95. The summed E-state index contributed by atoms with van der Waals surface area (Å²) in [6.45, 7) is 11.0. The molecule has 0 spiro atoms. The molecule has 0 aliphatic rings. The van der Waals surface area contributed by atoms with Gasteiger partial charge in [0.2, 0.25) is 5.91 Å². The van der Waals surface area contributed by atoms with Crippen LogP contribution in [-0.2, 0) is 4.79 Å². The topological polar surface area (TPSA) is 91.0 Å². The molecule has 0 aromatic rings. The molecule has 2 atom stereocenters. The number of oxime groups is 1. The van der Waals surface area contributed by atoms with Gasteiger partial charge in [0.25, 0.3) is 0 Å². The number of carbonyl (C=O) groups is 1. The number of nitrogens with one attached hydrogen (secondary N) is 1. The SMILES string of the molecule is CCN(CC)CCCC(C)NC(=O)C(C)C(N)=NO. The fourth-order valence-electron chi connectivity index (χ4n) is 1.82. The van der Waals surface area contributed by atoms with Gasteiger partial charge in [-0.15, -0.1) is 0 Å². The van der Waals surface area contributed by atoms with Crippen LogP contribution in [0.5, 0.6) is 0 Å². The molecule has 0 fully saturated rings. The molecule has 0 aliphatic carbocycles. The van der Waals surface area contributed by atoms with Crippen LogP contribution in [0.15, 0.2) is 5.16 Å². The average molecular weight is 272 g/mol. The highest BCUT2D eigenvalue weighted by Crippen LogP contribution is 2.02. The van der Waals surface area contributed by atoms with Gasteiger partial charge in [-0.1, -0.05) is 19.0 Å². The van der Waals surface area contributed by atoms with E-state index in [0.29, 0.717) is 0 Å². The largest absolute Gasteiger partial charge is 0.409 e. The van der Waals surface area contributed by atoms with Crippen molar-refractivity contribution in [1.82, 2.24) is 10.2 Å². The lowest BCUT2D eigenvalue weighted by Crippen LogP contribution is -2.41. The van der Waals surface area contributed by atoms with Crippen LogP contribution in [0, 0.1) is 5.92 Å². The first kappa shape index (κ1) is 17.7. The van der Waals surface area contributed by atoms with Crippen molar-refractivity contribution in [2.45, 2.75) is 46.6 Å². The fourth-order valence-corrected chi connectivity index (χ4v) is 1.82. The highest BCUT2D eigenvalue weighted by molar-refractivity contribution is 6.01. The Bertz CT molecular complexity index is 290. The summed E-state index contributed by atoms with van der Waals surface area (Å²) in [5.41, 5.74) is 5.40. The van der Waals surface area contributed by atoms with Gasteiger partial charge in [-0.3, -0.25) is 4.79 Å². The van der Waals surface area contributed by atoms with Crippen LogP contribution in [0.3, 0.4) is 0 Å². The van der Waals surface area contributed by atoms with Gasteiger partial charge in [0, 0.05) is 6.04 Å². The highest BCUT2D eigenvalue weighted by atomic mass is 16.4. The number of amidine groups is 1. The number of carbonyl (C=O) groups excluding carboxylic acids is 1. The zero-order valence-electron chi connectivity index (χ0n) is 12.5. The maximum Gasteiger partial charge on any atom is 0.230 e. The number of nitrogens with zero attached hydrogens (tertiary/aromatic N) is 2. The van der Waals surface area contributed by atoms with Gasteiger partial charge in [0.05, 0.1) is 5.92 Å². The Morgan fingerprint density at radius 2 is 1.95 bits per heavy atom. The van der Waals surface area contributed by atoms with Crippen LogP contribution >= 0.6 is 0 Å². The highest BCUT2D eigenvalue weighted by Gasteiger charge is 2.19. The van der Waals surface area contributed by atoms with E-state index >= 15 is 0 Å². The van der Waals surface area contributed by atoms with Crippen LogP contribution < -0.4 is 11.1 Å². The molecule has 112 valence electrons. The van der Waals surface area contributed by atoms with Gasteiger partial charge < -0.3 is 21.2 Å². The Morgan fingerprint density at radius 3 is 2.42 bits per heavy atom. The molecule has 4 N–H and O–H groups in total. The monoisotopic (exact) mass is 272 g/mol. The lowest BCUT2D eigenvalue weighted by Gasteiger charge is -2.20. The minimum absolute atomic E-state index is 0.0622. The first-order valence-electron chi connectivity index (χ1n) is 6.96. The molecule has 0 bridgehead atoms. The van der Waals surface area contributed by atoms with Crippen LogP contribution in [-0.4, -0.2) is 47.5 Å². The van der Waals surface area contributed by atoms with E-state index in [1.54, 1.807) is 6.92 Å². The van der Waals surface area contributed by atoms with Crippen molar-refractivity contribution < 1.29 is 10.0 Å². The van der Waals surface area contributed by atoms with Gasteiger partial charge in [0.15, 0.2) is 5.84 Å². The molecule has 0 aromatic heterocycles. The molecule has 0 rings (SSSR count). The van der Waals surface area contributed by atoms with E-state index in [9.17, 15) is 4.79 Å². The molecular weight excluding hydrogens is 244 g/mol. The van der Waals surface area contributed by atoms with Gasteiger partial charge >= 0.3 is 0 Å². The van der Waals surface area contributed by atoms with E-state index < -0.39 is 5.92 Å². The maximum absolute atomic E-state index is 11.8. The standard InChI is InChI=1S/C13H28N4O2/c1-5-17(6-2)9-7-8-10(3)15-13(18)11(4)12(14)16-19/h10-11,19H,5-9H2,1-4H3,(H2,14,16)(H,15,18). The summed E-state index contributed by atoms with van der Waals surface area (Å²) in [4.78, 5) is 14.1. The Morgan fingerprint density at radius 1 is 1.37 bits per heavy atom. The lowest BCUT2D eigenvalue weighted by atomic mass is 10.1. The third kappa shape index (κ3) is 7.00. The lowest BCUT2D eigenvalue weighted by molar-refractivity contribution is -0.123. The van der Waals surface area contributed by atoms with Crippen LogP contribution in [0.2, 0.25) is 0 Å². The molecule has 6 heteroatoms. The second-order valence-electron chi connectivity index (χ2n) is 4.83. The zero-order chi connectivity index (χ0) is 14.8. The second-order valence-corrected chi connectivity index (χ2v) is 4.83. The maximum atomic E-state index is 11.8. The quantitative estimate of drug-likeness (QED) is 0.253. The average Bonchev–Trinajstić information content (AvgIpc) is 2.41. The van der Waals surface area contributed by atoms with Crippen molar-refractivity contribution in [3.63, 3.8) is 0 Å². The van der Waals surface area contributed by atoms with Crippen molar-refractivity contribution in [3.05, 3.63) is 0 Å². The summed E-state index contributed by atoms with van der Waals surface area (Å²) >= 11 is 0. The summed E-state index contributed by atoms with van der Waals surface area (Å²) < 4.78 is 0. The molecule has 0 saturated heterocycles. The second kappa shape index (κ2) is 9.61. The minimum atomic E-state index is -0.602. The molecule has 2 unspecified atom stereocenters. The summed E-state index contributed by atoms with van der Waals surface area (Å²) in [7, 11) is 0. The minimum Gasteiger partial charge on any atom is -0.409 e. The van der Waals surface area contributed by atoms with E-state index in [0.717, 1.165) is 32.5 Å². The van der Waals surface area contributed by atoms with Crippen molar-refractivity contribution in [2.75, 3.05) is 19.6 Å². The van der Waals surface area contributed by atoms with E-state index in [2.05, 4.69) is 29.2 Å². The van der Waals surface area contributed by atoms with E-state index in [1.165, 1.54) is 0 Å². The summed E-state index contributed by atoms with van der Waals surface area (Å²) in [5, 5.41) is 14.2. The third-order valence-corrected chi connectivity index (χ3v) is 3.35. The molecule has 1 amide bonds. The van der Waals surface area contributed by atoms with Crippen molar-refractivity contribution in [2.24, 2.45) is 16.8 Å². The normalized spacial score (nSPS) is 15.3. The zero-order valence-corrected chi connectivity index (χ0v) is 12.5. The van der Waals surface area contributed by atoms with Crippen LogP contribution in [0.1, 0.15) is 40.5 Å². The predicted molar refractivity (Wildman–Crippen MR) is 77.2 cm³/mol. The fraction of sp³-hybridized carbons (Fsp3) is 0.846. The molecular formula is C13H28N4O2. The number of hydrogen-bond donors (Lipinski definition) is 3.